The summed E-state index contributed by atoms with van der Waals surface area (Å²) in [6, 6.07) is 5.36. The summed E-state index contributed by atoms with van der Waals surface area (Å²) >= 11 is 0. The molecule has 2 N–H and O–H groups in total. The van der Waals surface area contributed by atoms with Gasteiger partial charge in [-0.15, -0.1) is 0 Å². The average Bonchev–Trinajstić information content (AvgIpc) is 2.29. The Bertz CT molecular complexity index is 451. The highest BCUT2D eigenvalue weighted by Gasteiger charge is 2.26. The standard InChI is InChI=1S/C11H11F5N2O2/c12-10(13)20-8-4-2-1-3-7(8)18-9(19)5-17-6-11(14,15)16/h1-4,10,17H,5-6H2,(H,18,19). The number of rotatable bonds is 6. The molecule has 0 aliphatic heterocycles. The van der Waals surface area contributed by atoms with Crippen molar-refractivity contribution in [1.29, 1.82) is 0 Å². The number of anilines is 1. The van der Waals surface area contributed by atoms with Gasteiger partial charge in [-0.1, -0.05) is 12.1 Å². The number of hydrogen-bond acceptors (Lipinski definition) is 3. The van der Waals surface area contributed by atoms with Crippen molar-refractivity contribution >= 4 is 11.6 Å². The number of ether oxygens (including phenoxy) is 1. The lowest BCUT2D eigenvalue weighted by Gasteiger charge is -2.12. The van der Waals surface area contributed by atoms with Crippen LogP contribution >= 0.6 is 0 Å². The van der Waals surface area contributed by atoms with Crippen LogP contribution in [0.4, 0.5) is 27.6 Å². The van der Waals surface area contributed by atoms with Crippen molar-refractivity contribution < 1.29 is 31.5 Å². The zero-order valence-corrected chi connectivity index (χ0v) is 10.0. The fourth-order valence-corrected chi connectivity index (χ4v) is 1.28. The van der Waals surface area contributed by atoms with E-state index in [0.717, 1.165) is 0 Å². The molecule has 0 saturated heterocycles. The molecule has 4 nitrogen and oxygen atoms in total. The molecule has 1 rings (SSSR count). The van der Waals surface area contributed by atoms with Gasteiger partial charge in [0.05, 0.1) is 18.8 Å². The van der Waals surface area contributed by atoms with E-state index in [1.165, 1.54) is 24.3 Å². The number of halogens is 5. The second kappa shape index (κ2) is 7.04. The molecule has 1 aromatic rings. The van der Waals surface area contributed by atoms with E-state index in [2.05, 4.69) is 10.1 Å². The Hall–Kier alpha value is -1.90. The van der Waals surface area contributed by atoms with Gasteiger partial charge >= 0.3 is 12.8 Å². The van der Waals surface area contributed by atoms with E-state index in [1.807, 2.05) is 5.32 Å². The number of nitrogens with one attached hydrogen (secondary N) is 2. The van der Waals surface area contributed by atoms with Crippen molar-refractivity contribution in [3.63, 3.8) is 0 Å². The summed E-state index contributed by atoms with van der Waals surface area (Å²) in [6.45, 7) is -5.01. The molecule has 0 atom stereocenters. The van der Waals surface area contributed by atoms with Gasteiger partial charge in [-0.2, -0.15) is 22.0 Å². The molecule has 9 heteroatoms. The van der Waals surface area contributed by atoms with Crippen molar-refractivity contribution in [1.82, 2.24) is 5.32 Å². The summed E-state index contributed by atoms with van der Waals surface area (Å²) in [5.41, 5.74) is -0.0494. The fourth-order valence-electron chi connectivity index (χ4n) is 1.28. The summed E-state index contributed by atoms with van der Waals surface area (Å²) in [5.74, 6) is -1.08. The van der Waals surface area contributed by atoms with Crippen LogP contribution < -0.4 is 15.4 Å². The molecule has 0 aliphatic rings. The molecule has 0 heterocycles. The maximum Gasteiger partial charge on any atom is 0.401 e. The lowest BCUT2D eigenvalue weighted by Crippen LogP contribution is -2.35. The van der Waals surface area contributed by atoms with Gasteiger partial charge in [0, 0.05) is 0 Å². The van der Waals surface area contributed by atoms with Crippen molar-refractivity contribution in [2.24, 2.45) is 0 Å². The highest BCUT2D eigenvalue weighted by molar-refractivity contribution is 5.93. The van der Waals surface area contributed by atoms with Gasteiger partial charge in [0.1, 0.15) is 5.75 Å². The van der Waals surface area contributed by atoms with E-state index < -0.39 is 31.8 Å². The first kappa shape index (κ1) is 16.2. The Labute approximate surface area is 110 Å². The smallest absolute Gasteiger partial charge is 0.401 e. The monoisotopic (exact) mass is 298 g/mol. The lowest BCUT2D eigenvalue weighted by molar-refractivity contribution is -0.127. The number of carbonyl (C=O) groups is 1. The van der Waals surface area contributed by atoms with Crippen LogP contribution in [0.25, 0.3) is 0 Å². The largest absolute Gasteiger partial charge is 0.433 e. The van der Waals surface area contributed by atoms with Gasteiger partial charge < -0.3 is 15.4 Å². The first-order valence-electron chi connectivity index (χ1n) is 5.39. The molecule has 0 fully saturated rings. The highest BCUT2D eigenvalue weighted by Crippen LogP contribution is 2.25. The quantitative estimate of drug-likeness (QED) is 0.793. The molecule has 1 aromatic carbocycles. The maximum atomic E-state index is 12.1. The van der Waals surface area contributed by atoms with Gasteiger partial charge in [0.2, 0.25) is 5.91 Å². The van der Waals surface area contributed by atoms with Gasteiger partial charge in [0.15, 0.2) is 0 Å². The summed E-state index contributed by atoms with van der Waals surface area (Å²) in [4.78, 5) is 11.4. The molecule has 0 saturated carbocycles. The molecule has 1 amide bonds. The highest BCUT2D eigenvalue weighted by atomic mass is 19.4. The Morgan fingerprint density at radius 1 is 1.25 bits per heavy atom. The number of carbonyl (C=O) groups excluding carboxylic acids is 1. The minimum absolute atomic E-state index is 0.0494. The van der Waals surface area contributed by atoms with E-state index in [4.69, 9.17) is 0 Å². The van der Waals surface area contributed by atoms with E-state index in [9.17, 15) is 26.7 Å². The van der Waals surface area contributed by atoms with Crippen molar-refractivity contribution in [2.45, 2.75) is 12.8 Å². The van der Waals surface area contributed by atoms with Gasteiger partial charge in [-0.05, 0) is 12.1 Å². The summed E-state index contributed by atoms with van der Waals surface area (Å²) < 4.78 is 63.9. The number of alkyl halides is 5. The summed E-state index contributed by atoms with van der Waals surface area (Å²) in [6.07, 6.45) is -4.43. The Morgan fingerprint density at radius 3 is 2.50 bits per heavy atom. The molecular formula is C11H11F5N2O2. The number of benzene rings is 1. The third-order valence-electron chi connectivity index (χ3n) is 1.99. The van der Waals surface area contributed by atoms with Crippen LogP contribution in [0.2, 0.25) is 0 Å². The van der Waals surface area contributed by atoms with Gasteiger partial charge in [-0.3, -0.25) is 4.79 Å². The van der Waals surface area contributed by atoms with Gasteiger partial charge in [0.25, 0.3) is 0 Å². The van der Waals surface area contributed by atoms with Crippen LogP contribution in [0, 0.1) is 0 Å². The molecule has 0 radical (unpaired) electrons. The molecule has 0 aromatic heterocycles. The molecule has 20 heavy (non-hydrogen) atoms. The van der Waals surface area contributed by atoms with E-state index in [1.54, 1.807) is 0 Å². The Morgan fingerprint density at radius 2 is 1.90 bits per heavy atom. The average molecular weight is 298 g/mol. The SMILES string of the molecule is O=C(CNCC(F)(F)F)Nc1ccccc1OC(F)F. The zero-order valence-electron chi connectivity index (χ0n) is 10.0. The minimum atomic E-state index is -4.43. The first-order chi connectivity index (χ1) is 9.28. The second-order valence-electron chi connectivity index (χ2n) is 3.64. The van der Waals surface area contributed by atoms with Crippen LogP contribution in [0.1, 0.15) is 0 Å². The number of amides is 1. The number of hydrogen-bond donors (Lipinski definition) is 2. The van der Waals surface area contributed by atoms with Crippen LogP contribution in [0.5, 0.6) is 5.75 Å². The van der Waals surface area contributed by atoms with Crippen LogP contribution in [0.3, 0.4) is 0 Å². The van der Waals surface area contributed by atoms with Crippen molar-refractivity contribution in [3.8, 4) is 5.75 Å². The molecule has 0 unspecified atom stereocenters. The normalized spacial score (nSPS) is 11.5. The summed E-state index contributed by atoms with van der Waals surface area (Å²) in [7, 11) is 0. The fraction of sp³-hybridized carbons (Fsp3) is 0.364. The minimum Gasteiger partial charge on any atom is -0.433 e. The Balaban J connectivity index is 2.53. The van der Waals surface area contributed by atoms with E-state index in [-0.39, 0.29) is 11.4 Å². The predicted octanol–water partition coefficient (Wildman–Crippen LogP) is 2.38. The topological polar surface area (TPSA) is 50.4 Å². The van der Waals surface area contributed by atoms with E-state index in [0.29, 0.717) is 0 Å². The molecule has 112 valence electrons. The first-order valence-corrected chi connectivity index (χ1v) is 5.39. The predicted molar refractivity (Wildman–Crippen MR) is 60.6 cm³/mol. The third-order valence-corrected chi connectivity index (χ3v) is 1.99. The van der Waals surface area contributed by atoms with Crippen LogP contribution in [0.15, 0.2) is 24.3 Å². The third kappa shape index (κ3) is 6.32. The molecular weight excluding hydrogens is 287 g/mol. The lowest BCUT2D eigenvalue weighted by atomic mass is 10.3. The maximum absolute atomic E-state index is 12.1. The Kier molecular flexibility index (Phi) is 5.68. The van der Waals surface area contributed by atoms with Gasteiger partial charge in [-0.25, -0.2) is 0 Å². The van der Waals surface area contributed by atoms with Crippen molar-refractivity contribution in [3.05, 3.63) is 24.3 Å². The second-order valence-corrected chi connectivity index (χ2v) is 3.64. The number of para-hydroxylation sites is 2. The van der Waals surface area contributed by atoms with E-state index >= 15 is 0 Å². The van der Waals surface area contributed by atoms with Crippen molar-refractivity contribution in [2.75, 3.05) is 18.4 Å². The van der Waals surface area contributed by atoms with Crippen LogP contribution in [-0.2, 0) is 4.79 Å². The molecule has 0 spiro atoms. The zero-order chi connectivity index (χ0) is 15.2. The molecule has 0 bridgehead atoms. The van der Waals surface area contributed by atoms with Crippen LogP contribution in [-0.4, -0.2) is 31.8 Å². The summed E-state index contributed by atoms with van der Waals surface area (Å²) in [5, 5.41) is 4.05. The molecule has 0 aliphatic carbocycles.